The molecule has 3 rings (SSSR count). The fourth-order valence-corrected chi connectivity index (χ4v) is 2.28. The number of rotatable bonds is 6. The molecule has 0 fully saturated rings. The van der Waals surface area contributed by atoms with E-state index in [-0.39, 0.29) is 11.7 Å². The summed E-state index contributed by atoms with van der Waals surface area (Å²) >= 11 is 0. The highest BCUT2D eigenvalue weighted by atomic mass is 19.1. The highest BCUT2D eigenvalue weighted by Gasteiger charge is 2.10. The first-order valence-corrected chi connectivity index (χ1v) is 7.43. The van der Waals surface area contributed by atoms with Gasteiger partial charge in [-0.1, -0.05) is 0 Å². The molecule has 0 unspecified atom stereocenters. The molecule has 23 heavy (non-hydrogen) atoms. The van der Waals surface area contributed by atoms with Crippen LogP contribution in [0.25, 0.3) is 11.3 Å². The Balaban J connectivity index is 1.52. The molecule has 2 heterocycles. The predicted octanol–water partition coefficient (Wildman–Crippen LogP) is 2.84. The Morgan fingerprint density at radius 3 is 2.70 bits per heavy atom. The topological polar surface area (TPSA) is 62.7 Å². The average molecular weight is 312 g/mol. The maximum absolute atomic E-state index is 12.9. The standard InChI is InChI=1S/C17H17FN4O/c18-14-6-4-13(5-7-14)15-12-16(21-20-15)17(23)19-8-3-11-22-9-1-2-10-22/h1-2,4-7,9-10,12H,3,8,11H2,(H,19,23)(H,20,21). The number of nitrogens with zero attached hydrogens (tertiary/aromatic N) is 2. The number of nitrogens with one attached hydrogen (secondary N) is 2. The molecule has 0 bridgehead atoms. The summed E-state index contributed by atoms with van der Waals surface area (Å²) in [6.45, 7) is 1.44. The van der Waals surface area contributed by atoms with Crippen LogP contribution in [0.5, 0.6) is 0 Å². The quantitative estimate of drug-likeness (QED) is 0.688. The van der Waals surface area contributed by atoms with Crippen molar-refractivity contribution >= 4 is 5.91 Å². The third-order valence-corrected chi connectivity index (χ3v) is 3.51. The van der Waals surface area contributed by atoms with Crippen molar-refractivity contribution in [3.63, 3.8) is 0 Å². The van der Waals surface area contributed by atoms with Crippen molar-refractivity contribution < 1.29 is 9.18 Å². The number of hydrogen-bond acceptors (Lipinski definition) is 2. The van der Waals surface area contributed by atoms with Gasteiger partial charge in [0.1, 0.15) is 11.5 Å². The molecule has 0 saturated heterocycles. The second-order valence-corrected chi connectivity index (χ2v) is 5.20. The molecule has 0 aliphatic rings. The van der Waals surface area contributed by atoms with Gasteiger partial charge in [0.15, 0.2) is 0 Å². The molecule has 2 N–H and O–H groups in total. The Morgan fingerprint density at radius 2 is 1.96 bits per heavy atom. The van der Waals surface area contributed by atoms with Crippen LogP contribution in [0.1, 0.15) is 16.9 Å². The van der Waals surface area contributed by atoms with E-state index in [0.29, 0.717) is 17.9 Å². The summed E-state index contributed by atoms with van der Waals surface area (Å²) in [5.41, 5.74) is 1.77. The summed E-state index contributed by atoms with van der Waals surface area (Å²) < 4.78 is 15.0. The number of H-pyrrole nitrogens is 1. The lowest BCUT2D eigenvalue weighted by atomic mass is 10.1. The van der Waals surface area contributed by atoms with Gasteiger partial charge in [0.25, 0.3) is 5.91 Å². The van der Waals surface area contributed by atoms with Crippen LogP contribution in [0.2, 0.25) is 0 Å². The SMILES string of the molecule is O=C(NCCCn1cccc1)c1cc(-c2ccc(F)cc2)n[nH]1. The van der Waals surface area contributed by atoms with Crippen molar-refractivity contribution in [1.82, 2.24) is 20.1 Å². The summed E-state index contributed by atoms with van der Waals surface area (Å²) in [6, 6.07) is 11.6. The normalized spacial score (nSPS) is 10.7. The molecule has 0 saturated carbocycles. The van der Waals surface area contributed by atoms with Crippen molar-refractivity contribution in [2.75, 3.05) is 6.54 Å². The van der Waals surface area contributed by atoms with Gasteiger partial charge < -0.3 is 9.88 Å². The van der Waals surface area contributed by atoms with Gasteiger partial charge in [-0.05, 0) is 48.9 Å². The third kappa shape index (κ3) is 3.85. The number of hydrogen-bond donors (Lipinski definition) is 2. The van der Waals surface area contributed by atoms with Crippen molar-refractivity contribution in [3.8, 4) is 11.3 Å². The minimum absolute atomic E-state index is 0.196. The number of halogens is 1. The molecule has 1 amide bonds. The fraction of sp³-hybridized carbons (Fsp3) is 0.176. The van der Waals surface area contributed by atoms with Gasteiger partial charge >= 0.3 is 0 Å². The van der Waals surface area contributed by atoms with E-state index in [9.17, 15) is 9.18 Å². The minimum atomic E-state index is -0.301. The number of aryl methyl sites for hydroxylation is 1. The van der Waals surface area contributed by atoms with E-state index in [1.165, 1.54) is 12.1 Å². The zero-order valence-electron chi connectivity index (χ0n) is 12.5. The molecule has 118 valence electrons. The zero-order chi connectivity index (χ0) is 16.1. The molecule has 5 nitrogen and oxygen atoms in total. The van der Waals surface area contributed by atoms with Gasteiger partial charge in [-0.15, -0.1) is 0 Å². The largest absolute Gasteiger partial charge is 0.354 e. The zero-order valence-corrected chi connectivity index (χ0v) is 12.5. The Hall–Kier alpha value is -2.89. The van der Waals surface area contributed by atoms with Crippen LogP contribution >= 0.6 is 0 Å². The van der Waals surface area contributed by atoms with E-state index < -0.39 is 0 Å². The lowest BCUT2D eigenvalue weighted by Crippen LogP contribution is -2.25. The van der Waals surface area contributed by atoms with Gasteiger partial charge in [-0.25, -0.2) is 4.39 Å². The molecular formula is C17H17FN4O. The Morgan fingerprint density at radius 1 is 1.22 bits per heavy atom. The van der Waals surface area contributed by atoms with Gasteiger partial charge in [-0.3, -0.25) is 9.89 Å². The van der Waals surface area contributed by atoms with E-state index in [1.807, 2.05) is 24.5 Å². The Labute approximate surface area is 133 Å². The van der Waals surface area contributed by atoms with E-state index in [0.717, 1.165) is 18.5 Å². The molecular weight excluding hydrogens is 295 g/mol. The summed E-state index contributed by atoms with van der Waals surface area (Å²) in [6.07, 6.45) is 4.83. The highest BCUT2D eigenvalue weighted by Crippen LogP contribution is 2.17. The lowest BCUT2D eigenvalue weighted by molar-refractivity contribution is 0.0947. The molecule has 0 aliphatic heterocycles. The molecule has 6 heteroatoms. The summed E-state index contributed by atoms with van der Waals surface area (Å²) in [4.78, 5) is 12.1. The van der Waals surface area contributed by atoms with E-state index >= 15 is 0 Å². The molecule has 0 atom stereocenters. The average Bonchev–Trinajstić information content (AvgIpc) is 3.24. The molecule has 0 aliphatic carbocycles. The lowest BCUT2D eigenvalue weighted by Gasteiger charge is -2.04. The van der Waals surface area contributed by atoms with E-state index in [2.05, 4.69) is 20.1 Å². The highest BCUT2D eigenvalue weighted by molar-refractivity contribution is 5.93. The summed E-state index contributed by atoms with van der Waals surface area (Å²) in [7, 11) is 0. The Bertz CT molecular complexity index is 762. The van der Waals surface area contributed by atoms with Gasteiger partial charge in [0.2, 0.25) is 0 Å². The molecule has 1 aromatic carbocycles. The van der Waals surface area contributed by atoms with Crippen molar-refractivity contribution in [2.24, 2.45) is 0 Å². The van der Waals surface area contributed by atoms with Crippen LogP contribution < -0.4 is 5.32 Å². The number of aromatic amines is 1. The number of aromatic nitrogens is 3. The summed E-state index contributed by atoms with van der Waals surface area (Å²) in [5, 5.41) is 9.66. The Kier molecular flexibility index (Phi) is 4.52. The van der Waals surface area contributed by atoms with Gasteiger partial charge in [-0.2, -0.15) is 5.10 Å². The van der Waals surface area contributed by atoms with Crippen LogP contribution in [0, 0.1) is 5.82 Å². The van der Waals surface area contributed by atoms with Crippen LogP contribution in [0.3, 0.4) is 0 Å². The minimum Gasteiger partial charge on any atom is -0.354 e. The predicted molar refractivity (Wildman–Crippen MR) is 85.4 cm³/mol. The van der Waals surface area contributed by atoms with Crippen molar-refractivity contribution in [3.05, 3.63) is 66.4 Å². The number of amides is 1. The number of carbonyl (C=O) groups is 1. The smallest absolute Gasteiger partial charge is 0.269 e. The molecule has 3 aromatic rings. The third-order valence-electron chi connectivity index (χ3n) is 3.51. The molecule has 0 spiro atoms. The van der Waals surface area contributed by atoms with Crippen LogP contribution in [-0.4, -0.2) is 27.2 Å². The van der Waals surface area contributed by atoms with Crippen molar-refractivity contribution in [1.29, 1.82) is 0 Å². The van der Waals surface area contributed by atoms with Crippen molar-refractivity contribution in [2.45, 2.75) is 13.0 Å². The van der Waals surface area contributed by atoms with E-state index in [1.54, 1.807) is 18.2 Å². The summed E-state index contributed by atoms with van der Waals surface area (Å²) in [5.74, 6) is -0.497. The van der Waals surface area contributed by atoms with Crippen LogP contribution in [-0.2, 0) is 6.54 Å². The fourth-order valence-electron chi connectivity index (χ4n) is 2.28. The second-order valence-electron chi connectivity index (χ2n) is 5.20. The monoisotopic (exact) mass is 312 g/mol. The second kappa shape index (κ2) is 6.91. The maximum Gasteiger partial charge on any atom is 0.269 e. The maximum atomic E-state index is 12.9. The first-order valence-electron chi connectivity index (χ1n) is 7.43. The molecule has 2 aromatic heterocycles. The van der Waals surface area contributed by atoms with Crippen LogP contribution in [0.15, 0.2) is 54.9 Å². The van der Waals surface area contributed by atoms with Gasteiger partial charge in [0.05, 0.1) is 5.69 Å². The molecule has 0 radical (unpaired) electrons. The van der Waals surface area contributed by atoms with Crippen LogP contribution in [0.4, 0.5) is 4.39 Å². The van der Waals surface area contributed by atoms with E-state index in [4.69, 9.17) is 0 Å². The van der Waals surface area contributed by atoms with Gasteiger partial charge in [0, 0.05) is 31.0 Å². The first-order chi connectivity index (χ1) is 11.2. The number of carbonyl (C=O) groups excluding carboxylic acids is 1. The number of benzene rings is 1. The first kappa shape index (κ1) is 15.0.